The molecule has 1 heterocycles. The summed E-state index contributed by atoms with van der Waals surface area (Å²) in [5, 5.41) is 13.5. The Bertz CT molecular complexity index is 642. The van der Waals surface area contributed by atoms with Gasteiger partial charge in [0.25, 0.3) is 0 Å². The predicted octanol–water partition coefficient (Wildman–Crippen LogP) is 2.46. The average Bonchev–Trinajstić information content (AvgIpc) is 2.85. The van der Waals surface area contributed by atoms with Gasteiger partial charge in [0.05, 0.1) is 13.0 Å². The van der Waals surface area contributed by atoms with Gasteiger partial charge in [-0.25, -0.2) is 9.78 Å². The van der Waals surface area contributed by atoms with Gasteiger partial charge in [-0.05, 0) is 17.7 Å². The second-order valence-electron chi connectivity index (χ2n) is 4.02. The summed E-state index contributed by atoms with van der Waals surface area (Å²) < 4.78 is 0.925. The fraction of sp³-hybridized carbons (Fsp3) is 0.154. The number of amides is 1. The van der Waals surface area contributed by atoms with Crippen LogP contribution in [-0.2, 0) is 17.8 Å². The molecule has 0 aliphatic carbocycles. The van der Waals surface area contributed by atoms with Crippen LogP contribution in [-0.4, -0.2) is 22.0 Å². The van der Waals surface area contributed by atoms with Crippen LogP contribution in [0.5, 0.6) is 0 Å². The number of rotatable bonds is 5. The number of aromatic nitrogens is 1. The number of nitrogens with zero attached hydrogens (tertiary/aromatic N) is 1. The molecule has 0 radical (unpaired) electrons. The number of halogens is 1. The second kappa shape index (κ2) is 6.62. The first kappa shape index (κ1) is 14.7. The summed E-state index contributed by atoms with van der Waals surface area (Å²) >= 11 is 4.56. The van der Waals surface area contributed by atoms with E-state index >= 15 is 0 Å². The summed E-state index contributed by atoms with van der Waals surface area (Å²) in [6, 6.07) is 7.51. The highest BCUT2D eigenvalue weighted by Gasteiger charge is 2.09. The lowest BCUT2D eigenvalue weighted by molar-refractivity contribution is -0.120. The van der Waals surface area contributed by atoms with Crippen LogP contribution in [0, 0.1) is 0 Å². The smallest absolute Gasteiger partial charge is 0.355 e. The van der Waals surface area contributed by atoms with Gasteiger partial charge in [0.15, 0.2) is 5.69 Å². The van der Waals surface area contributed by atoms with Crippen LogP contribution in [0.1, 0.15) is 21.1 Å². The van der Waals surface area contributed by atoms with Gasteiger partial charge < -0.3 is 10.4 Å². The summed E-state index contributed by atoms with van der Waals surface area (Å²) in [7, 11) is 0. The van der Waals surface area contributed by atoms with Crippen molar-refractivity contribution in [2.24, 2.45) is 0 Å². The number of carbonyl (C=O) groups excluding carboxylic acids is 1. The van der Waals surface area contributed by atoms with Crippen LogP contribution in [0.2, 0.25) is 0 Å². The van der Waals surface area contributed by atoms with E-state index in [1.54, 1.807) is 0 Å². The highest BCUT2D eigenvalue weighted by atomic mass is 79.9. The Labute approximate surface area is 127 Å². The molecule has 7 heteroatoms. The third kappa shape index (κ3) is 4.14. The number of benzene rings is 1. The quantitative estimate of drug-likeness (QED) is 0.864. The lowest BCUT2D eigenvalue weighted by Gasteiger charge is -2.03. The van der Waals surface area contributed by atoms with Crippen LogP contribution in [0.3, 0.4) is 0 Å². The predicted molar refractivity (Wildman–Crippen MR) is 78.8 cm³/mol. The van der Waals surface area contributed by atoms with Crippen molar-refractivity contribution in [3.63, 3.8) is 0 Å². The number of aromatic carboxylic acids is 1. The molecule has 1 aromatic carbocycles. The van der Waals surface area contributed by atoms with E-state index in [2.05, 4.69) is 26.2 Å². The Morgan fingerprint density at radius 2 is 2.20 bits per heavy atom. The van der Waals surface area contributed by atoms with E-state index in [-0.39, 0.29) is 24.6 Å². The van der Waals surface area contributed by atoms with Crippen LogP contribution in [0.25, 0.3) is 0 Å². The van der Waals surface area contributed by atoms with Crippen LogP contribution in [0.15, 0.2) is 34.1 Å². The lowest BCUT2D eigenvalue weighted by Crippen LogP contribution is -2.24. The lowest BCUT2D eigenvalue weighted by atomic mass is 10.1. The fourth-order valence-corrected chi connectivity index (χ4v) is 2.71. The second-order valence-corrected chi connectivity index (χ2v) is 5.87. The fourth-order valence-electron chi connectivity index (χ4n) is 1.56. The van der Waals surface area contributed by atoms with E-state index in [0.29, 0.717) is 5.01 Å². The molecule has 0 spiro atoms. The van der Waals surface area contributed by atoms with E-state index in [1.165, 1.54) is 16.7 Å². The standard InChI is InChI=1S/C13H11BrN2O3S/c14-9-3-1-2-8(4-9)5-11(17)15-6-12-16-10(7-20-12)13(18)19/h1-4,7H,5-6H2,(H,15,17)(H,18,19). The molecule has 0 atom stereocenters. The molecule has 1 amide bonds. The monoisotopic (exact) mass is 354 g/mol. The minimum atomic E-state index is -1.06. The number of hydrogen-bond donors (Lipinski definition) is 2. The molecule has 0 aliphatic rings. The molecule has 1 aromatic heterocycles. The summed E-state index contributed by atoms with van der Waals surface area (Å²) in [5.74, 6) is -1.19. The summed E-state index contributed by atoms with van der Waals surface area (Å²) in [6.07, 6.45) is 0.274. The third-order valence-electron chi connectivity index (χ3n) is 2.46. The summed E-state index contributed by atoms with van der Waals surface area (Å²) in [6.45, 7) is 0.241. The minimum absolute atomic E-state index is 0.00578. The van der Waals surface area contributed by atoms with Crippen molar-refractivity contribution < 1.29 is 14.7 Å². The van der Waals surface area contributed by atoms with Crippen molar-refractivity contribution in [1.29, 1.82) is 0 Å². The van der Waals surface area contributed by atoms with Crippen molar-refractivity contribution in [3.05, 3.63) is 50.4 Å². The van der Waals surface area contributed by atoms with E-state index in [4.69, 9.17) is 5.11 Å². The molecule has 0 bridgehead atoms. The number of thiazole rings is 1. The van der Waals surface area contributed by atoms with Gasteiger partial charge in [0.2, 0.25) is 5.91 Å². The normalized spacial score (nSPS) is 10.2. The van der Waals surface area contributed by atoms with Gasteiger partial charge in [-0.1, -0.05) is 28.1 Å². The van der Waals surface area contributed by atoms with Gasteiger partial charge in [0, 0.05) is 9.85 Å². The van der Waals surface area contributed by atoms with Gasteiger partial charge in [-0.2, -0.15) is 0 Å². The Morgan fingerprint density at radius 1 is 1.40 bits per heavy atom. The van der Waals surface area contributed by atoms with Crippen molar-refractivity contribution in [2.45, 2.75) is 13.0 Å². The SMILES string of the molecule is O=C(Cc1cccc(Br)c1)NCc1nc(C(=O)O)cs1. The summed E-state index contributed by atoms with van der Waals surface area (Å²) in [5.41, 5.74) is 0.911. The first-order chi connectivity index (χ1) is 9.54. The summed E-state index contributed by atoms with van der Waals surface area (Å²) in [4.78, 5) is 26.3. The largest absolute Gasteiger partial charge is 0.476 e. The van der Waals surface area contributed by atoms with Crippen molar-refractivity contribution >= 4 is 39.1 Å². The molecule has 104 valence electrons. The van der Waals surface area contributed by atoms with Crippen molar-refractivity contribution in [2.75, 3.05) is 0 Å². The molecule has 2 rings (SSSR count). The van der Waals surface area contributed by atoms with Crippen molar-refractivity contribution in [3.8, 4) is 0 Å². The molecule has 2 aromatic rings. The molecule has 0 aliphatic heterocycles. The molecule has 2 N–H and O–H groups in total. The minimum Gasteiger partial charge on any atom is -0.476 e. The van der Waals surface area contributed by atoms with Gasteiger partial charge in [-0.15, -0.1) is 11.3 Å². The van der Waals surface area contributed by atoms with E-state index < -0.39 is 5.97 Å². The van der Waals surface area contributed by atoms with Gasteiger partial charge in [0.1, 0.15) is 5.01 Å². The maximum atomic E-state index is 11.8. The molecule has 20 heavy (non-hydrogen) atoms. The first-order valence-corrected chi connectivity index (χ1v) is 7.40. The molecular formula is C13H11BrN2O3S. The molecule has 5 nitrogen and oxygen atoms in total. The molecule has 0 saturated heterocycles. The Morgan fingerprint density at radius 3 is 2.85 bits per heavy atom. The Kier molecular flexibility index (Phi) is 4.86. The highest BCUT2D eigenvalue weighted by molar-refractivity contribution is 9.10. The third-order valence-corrected chi connectivity index (χ3v) is 3.80. The van der Waals surface area contributed by atoms with Crippen LogP contribution >= 0.6 is 27.3 Å². The maximum Gasteiger partial charge on any atom is 0.355 e. The average molecular weight is 355 g/mol. The van der Waals surface area contributed by atoms with Gasteiger partial charge >= 0.3 is 5.97 Å². The van der Waals surface area contributed by atoms with Gasteiger partial charge in [-0.3, -0.25) is 4.79 Å². The topological polar surface area (TPSA) is 79.3 Å². The molecular weight excluding hydrogens is 344 g/mol. The zero-order chi connectivity index (χ0) is 14.5. The number of nitrogens with one attached hydrogen (secondary N) is 1. The number of hydrogen-bond acceptors (Lipinski definition) is 4. The molecule has 0 unspecified atom stereocenters. The van der Waals surface area contributed by atoms with E-state index in [1.807, 2.05) is 24.3 Å². The van der Waals surface area contributed by atoms with Crippen LogP contribution < -0.4 is 5.32 Å². The first-order valence-electron chi connectivity index (χ1n) is 5.73. The maximum absolute atomic E-state index is 11.8. The number of carbonyl (C=O) groups is 2. The Balaban J connectivity index is 1.87. The van der Waals surface area contributed by atoms with Crippen molar-refractivity contribution in [1.82, 2.24) is 10.3 Å². The van der Waals surface area contributed by atoms with E-state index in [9.17, 15) is 9.59 Å². The number of carboxylic acid groups (broad SMARTS) is 1. The zero-order valence-electron chi connectivity index (χ0n) is 10.3. The van der Waals surface area contributed by atoms with Crippen LogP contribution in [0.4, 0.5) is 0 Å². The molecule has 0 saturated carbocycles. The van der Waals surface area contributed by atoms with E-state index in [0.717, 1.165) is 10.0 Å². The number of carboxylic acids is 1. The highest BCUT2D eigenvalue weighted by Crippen LogP contribution is 2.12. The molecule has 0 fully saturated rings. The zero-order valence-corrected chi connectivity index (χ0v) is 12.7. The Hall–Kier alpha value is -1.73.